The Hall–Kier alpha value is -3.92. The van der Waals surface area contributed by atoms with E-state index in [0.29, 0.717) is 5.56 Å². The Balaban J connectivity index is 1.73. The Labute approximate surface area is 241 Å². The predicted octanol–water partition coefficient (Wildman–Crippen LogP) is 4.30. The second-order valence-electron chi connectivity index (χ2n) is 10.3. The molecule has 0 heterocycles. The van der Waals surface area contributed by atoms with Crippen molar-refractivity contribution in [3.8, 4) is 5.75 Å². The number of methoxy groups -OCH3 is 1. The van der Waals surface area contributed by atoms with Crippen LogP contribution in [0.5, 0.6) is 5.75 Å². The van der Waals surface area contributed by atoms with Gasteiger partial charge < -0.3 is 15.0 Å². The summed E-state index contributed by atoms with van der Waals surface area (Å²) in [7, 11) is -2.50. The number of nitrogens with zero attached hydrogens (tertiary/aromatic N) is 2. The summed E-state index contributed by atoms with van der Waals surface area (Å²) < 4.78 is 46.0. The molecule has 0 aliphatic heterocycles. The Morgan fingerprint density at radius 3 is 2.22 bits per heavy atom. The van der Waals surface area contributed by atoms with Gasteiger partial charge in [0.15, 0.2) is 0 Å². The molecular formula is C31H36FN3O5S. The molecule has 41 heavy (non-hydrogen) atoms. The highest BCUT2D eigenvalue weighted by molar-refractivity contribution is 7.92. The van der Waals surface area contributed by atoms with E-state index in [0.717, 1.165) is 41.8 Å². The van der Waals surface area contributed by atoms with Crippen LogP contribution in [0.3, 0.4) is 0 Å². The van der Waals surface area contributed by atoms with Gasteiger partial charge in [0, 0.05) is 19.0 Å². The van der Waals surface area contributed by atoms with Gasteiger partial charge in [-0.25, -0.2) is 12.8 Å². The van der Waals surface area contributed by atoms with Gasteiger partial charge in [-0.15, -0.1) is 0 Å². The van der Waals surface area contributed by atoms with E-state index >= 15 is 0 Å². The van der Waals surface area contributed by atoms with E-state index in [2.05, 4.69) is 5.32 Å². The molecule has 0 bridgehead atoms. The first-order chi connectivity index (χ1) is 19.7. The summed E-state index contributed by atoms with van der Waals surface area (Å²) in [6.07, 6.45) is 5.02. The minimum Gasteiger partial charge on any atom is -0.495 e. The molecule has 3 aromatic rings. The monoisotopic (exact) mass is 581 g/mol. The molecule has 0 unspecified atom stereocenters. The molecule has 0 saturated heterocycles. The van der Waals surface area contributed by atoms with Crippen molar-refractivity contribution >= 4 is 27.5 Å². The lowest BCUT2D eigenvalue weighted by Gasteiger charge is -2.34. The van der Waals surface area contributed by atoms with Crippen LogP contribution in [-0.4, -0.2) is 57.1 Å². The number of benzene rings is 3. The summed E-state index contributed by atoms with van der Waals surface area (Å²) >= 11 is 0. The molecule has 4 rings (SSSR count). The molecule has 0 aromatic heterocycles. The highest BCUT2D eigenvalue weighted by Gasteiger charge is 2.34. The standard InChI is InChI=1S/C31H36FN3O5S/c1-40-29-15-9-8-14-27(29)35(41(2,38)39)22-30(36)34(21-24-16-18-25(32)19-17-24)28(20-23-10-4-3-5-11-23)31(37)33-26-12-6-7-13-26/h3-5,8-11,14-19,26,28H,6-7,12-13,20-22H2,1-2H3,(H,33,37)/t28-/m0/s1. The van der Waals surface area contributed by atoms with Crippen molar-refractivity contribution in [1.29, 1.82) is 0 Å². The van der Waals surface area contributed by atoms with Gasteiger partial charge in [0.1, 0.15) is 24.2 Å². The number of anilines is 1. The maximum Gasteiger partial charge on any atom is 0.244 e. The minimum atomic E-state index is -3.93. The first-order valence-corrected chi connectivity index (χ1v) is 15.5. The first-order valence-electron chi connectivity index (χ1n) is 13.6. The maximum absolute atomic E-state index is 14.1. The fraction of sp³-hybridized carbons (Fsp3) is 0.355. The number of hydrogen-bond donors (Lipinski definition) is 1. The van der Waals surface area contributed by atoms with Crippen molar-refractivity contribution in [3.63, 3.8) is 0 Å². The van der Waals surface area contributed by atoms with Crippen LogP contribution in [0.2, 0.25) is 0 Å². The molecule has 1 aliphatic rings. The molecule has 10 heteroatoms. The van der Waals surface area contributed by atoms with Crippen LogP contribution >= 0.6 is 0 Å². The van der Waals surface area contributed by atoms with Crippen molar-refractivity contribution < 1.29 is 27.1 Å². The van der Waals surface area contributed by atoms with E-state index in [1.54, 1.807) is 36.4 Å². The third-order valence-corrected chi connectivity index (χ3v) is 8.40. The summed E-state index contributed by atoms with van der Waals surface area (Å²) in [5, 5.41) is 3.12. The predicted molar refractivity (Wildman–Crippen MR) is 156 cm³/mol. The minimum absolute atomic E-state index is 0.0156. The van der Waals surface area contributed by atoms with Crippen LogP contribution in [0.15, 0.2) is 78.9 Å². The summed E-state index contributed by atoms with van der Waals surface area (Å²) in [4.78, 5) is 29.4. The Kier molecular flexibility index (Phi) is 9.99. The highest BCUT2D eigenvalue weighted by atomic mass is 32.2. The molecule has 8 nitrogen and oxygen atoms in total. The molecule has 218 valence electrons. The molecule has 1 N–H and O–H groups in total. The SMILES string of the molecule is COc1ccccc1N(CC(=O)N(Cc1ccc(F)cc1)[C@@H](Cc1ccccc1)C(=O)NC1CCCC1)S(C)(=O)=O. The lowest BCUT2D eigenvalue weighted by Crippen LogP contribution is -2.54. The largest absolute Gasteiger partial charge is 0.495 e. The molecule has 1 aliphatic carbocycles. The fourth-order valence-electron chi connectivity index (χ4n) is 5.14. The Morgan fingerprint density at radius 1 is 0.951 bits per heavy atom. The number of rotatable bonds is 12. The number of amides is 2. The van der Waals surface area contributed by atoms with Gasteiger partial charge in [0.25, 0.3) is 0 Å². The van der Waals surface area contributed by atoms with Crippen molar-refractivity contribution in [3.05, 3.63) is 95.8 Å². The van der Waals surface area contributed by atoms with E-state index < -0.39 is 34.3 Å². The number of para-hydroxylation sites is 2. The summed E-state index contributed by atoms with van der Waals surface area (Å²) in [5.74, 6) is -1.02. The van der Waals surface area contributed by atoms with E-state index in [-0.39, 0.29) is 36.4 Å². The van der Waals surface area contributed by atoms with Crippen LogP contribution in [0, 0.1) is 5.82 Å². The summed E-state index contributed by atoms with van der Waals surface area (Å²) in [6.45, 7) is -0.569. The number of carbonyl (C=O) groups excluding carboxylic acids is 2. The number of hydrogen-bond acceptors (Lipinski definition) is 5. The lowest BCUT2D eigenvalue weighted by molar-refractivity contribution is -0.140. The van der Waals surface area contributed by atoms with Gasteiger partial charge in [-0.05, 0) is 48.2 Å². The summed E-state index contributed by atoms with van der Waals surface area (Å²) in [5.41, 5.74) is 1.66. The third kappa shape index (κ3) is 8.07. The Morgan fingerprint density at radius 2 is 1.59 bits per heavy atom. The normalized spacial score (nSPS) is 14.3. The van der Waals surface area contributed by atoms with Crippen LogP contribution in [0.1, 0.15) is 36.8 Å². The molecule has 0 radical (unpaired) electrons. The molecule has 1 saturated carbocycles. The lowest BCUT2D eigenvalue weighted by atomic mass is 10.0. The average molecular weight is 582 g/mol. The Bertz CT molecular complexity index is 1430. The van der Waals surface area contributed by atoms with Crippen LogP contribution in [-0.2, 0) is 32.6 Å². The van der Waals surface area contributed by atoms with Crippen LogP contribution < -0.4 is 14.4 Å². The van der Waals surface area contributed by atoms with Gasteiger partial charge in [-0.3, -0.25) is 13.9 Å². The number of sulfonamides is 1. The van der Waals surface area contributed by atoms with Gasteiger partial charge in [-0.1, -0.05) is 67.4 Å². The first kappa shape index (κ1) is 30.0. The van der Waals surface area contributed by atoms with Crippen molar-refractivity contribution in [2.75, 3.05) is 24.2 Å². The molecule has 1 atom stereocenters. The molecular weight excluding hydrogens is 545 g/mol. The second-order valence-corrected chi connectivity index (χ2v) is 12.2. The highest BCUT2D eigenvalue weighted by Crippen LogP contribution is 2.30. The van der Waals surface area contributed by atoms with E-state index in [4.69, 9.17) is 4.74 Å². The smallest absolute Gasteiger partial charge is 0.244 e. The average Bonchev–Trinajstić information content (AvgIpc) is 3.47. The third-order valence-electron chi connectivity index (χ3n) is 7.27. The van der Waals surface area contributed by atoms with Crippen molar-refractivity contribution in [2.45, 2.75) is 50.7 Å². The zero-order valence-electron chi connectivity index (χ0n) is 23.3. The maximum atomic E-state index is 14.1. The second kappa shape index (κ2) is 13.6. The van der Waals surface area contributed by atoms with Crippen LogP contribution in [0.25, 0.3) is 0 Å². The van der Waals surface area contributed by atoms with Gasteiger partial charge in [-0.2, -0.15) is 0 Å². The van der Waals surface area contributed by atoms with E-state index in [1.165, 1.54) is 24.1 Å². The van der Waals surface area contributed by atoms with Gasteiger partial charge >= 0.3 is 0 Å². The van der Waals surface area contributed by atoms with Crippen molar-refractivity contribution in [2.24, 2.45) is 0 Å². The topological polar surface area (TPSA) is 96.0 Å². The van der Waals surface area contributed by atoms with E-state index in [1.807, 2.05) is 30.3 Å². The number of ether oxygens (including phenoxy) is 1. The quantitative estimate of drug-likeness (QED) is 0.344. The van der Waals surface area contributed by atoms with E-state index in [9.17, 15) is 22.4 Å². The fourth-order valence-corrected chi connectivity index (χ4v) is 5.99. The molecule has 1 fully saturated rings. The van der Waals surface area contributed by atoms with Gasteiger partial charge in [0.05, 0.1) is 19.1 Å². The molecule has 0 spiro atoms. The zero-order valence-corrected chi connectivity index (χ0v) is 24.1. The summed E-state index contributed by atoms with van der Waals surface area (Å²) in [6, 6.07) is 20.7. The number of nitrogens with one attached hydrogen (secondary N) is 1. The molecule has 3 aromatic carbocycles. The zero-order chi connectivity index (χ0) is 29.4. The van der Waals surface area contributed by atoms with Gasteiger partial charge in [0.2, 0.25) is 21.8 Å². The van der Waals surface area contributed by atoms with Crippen LogP contribution in [0.4, 0.5) is 10.1 Å². The molecule has 2 amide bonds. The number of halogens is 1. The van der Waals surface area contributed by atoms with Crippen molar-refractivity contribution in [1.82, 2.24) is 10.2 Å². The number of carbonyl (C=O) groups is 2.